The van der Waals surface area contributed by atoms with E-state index in [4.69, 9.17) is 14.2 Å². The van der Waals surface area contributed by atoms with Crippen LogP contribution in [0.3, 0.4) is 0 Å². The standard InChI is InChI=1S/C26H25N3O10/c1-14-20(25(32)37-4)22(17-7-5-6-8-19(17)29(34)35)21(15(2)28-14)26(33)39-12-11-38-23(30)16-9-10-18(27-13-16)24(31)36-3/h5-10,13,22,28H,11-12H2,1-4H3. The zero-order chi connectivity index (χ0) is 28.7. The molecule has 13 nitrogen and oxygen atoms in total. The van der Waals surface area contributed by atoms with Gasteiger partial charge in [0.2, 0.25) is 0 Å². The first-order valence-corrected chi connectivity index (χ1v) is 11.5. The fourth-order valence-corrected chi connectivity index (χ4v) is 4.02. The highest BCUT2D eigenvalue weighted by Gasteiger charge is 2.40. The molecular weight excluding hydrogens is 514 g/mol. The van der Waals surface area contributed by atoms with Crippen molar-refractivity contribution in [2.45, 2.75) is 19.8 Å². The normalized spacial score (nSPS) is 14.7. The van der Waals surface area contributed by atoms with Gasteiger partial charge in [-0.25, -0.2) is 24.2 Å². The zero-order valence-electron chi connectivity index (χ0n) is 21.5. The number of rotatable bonds is 9. The number of hydrogen-bond donors (Lipinski definition) is 1. The minimum atomic E-state index is -1.16. The number of carbonyl (C=O) groups excluding carboxylic acids is 4. The molecule has 0 spiro atoms. The molecule has 0 bridgehead atoms. The molecule has 1 aromatic carbocycles. The van der Waals surface area contributed by atoms with Crippen molar-refractivity contribution in [2.75, 3.05) is 27.4 Å². The quantitative estimate of drug-likeness (QED) is 0.162. The van der Waals surface area contributed by atoms with Crippen LogP contribution in [0.4, 0.5) is 5.69 Å². The second kappa shape index (κ2) is 12.4. The third-order valence-corrected chi connectivity index (χ3v) is 5.77. The van der Waals surface area contributed by atoms with Crippen LogP contribution in [0.1, 0.15) is 46.2 Å². The van der Waals surface area contributed by atoms with Crippen LogP contribution < -0.4 is 5.32 Å². The molecule has 0 saturated carbocycles. The number of dihydropyridines is 1. The number of aromatic nitrogens is 1. The Bertz CT molecular complexity index is 1380. The Hall–Kier alpha value is -5.07. The molecule has 0 fully saturated rings. The van der Waals surface area contributed by atoms with Crippen molar-refractivity contribution in [3.8, 4) is 0 Å². The van der Waals surface area contributed by atoms with Crippen molar-refractivity contribution >= 4 is 29.6 Å². The summed E-state index contributed by atoms with van der Waals surface area (Å²) in [4.78, 5) is 64.6. The van der Waals surface area contributed by atoms with Gasteiger partial charge in [0.1, 0.15) is 18.9 Å². The van der Waals surface area contributed by atoms with Crippen molar-refractivity contribution in [2.24, 2.45) is 0 Å². The number of carbonyl (C=O) groups is 4. The number of nitro benzene ring substituents is 1. The lowest BCUT2D eigenvalue weighted by molar-refractivity contribution is -0.385. The topological polar surface area (TPSA) is 173 Å². The van der Waals surface area contributed by atoms with Crippen molar-refractivity contribution in [1.82, 2.24) is 10.3 Å². The Morgan fingerprint density at radius 2 is 1.46 bits per heavy atom. The highest BCUT2D eigenvalue weighted by atomic mass is 16.6. The predicted octanol–water partition coefficient (Wildman–Crippen LogP) is 2.58. The first kappa shape index (κ1) is 28.5. The Morgan fingerprint density at radius 1 is 0.872 bits per heavy atom. The molecule has 0 radical (unpaired) electrons. The van der Waals surface area contributed by atoms with Crippen LogP contribution in [0.25, 0.3) is 0 Å². The fourth-order valence-electron chi connectivity index (χ4n) is 4.02. The minimum Gasteiger partial charge on any atom is -0.466 e. The summed E-state index contributed by atoms with van der Waals surface area (Å²) in [5.74, 6) is -4.24. The van der Waals surface area contributed by atoms with E-state index < -0.39 is 34.7 Å². The average molecular weight is 539 g/mol. The number of hydrogen-bond acceptors (Lipinski definition) is 12. The lowest BCUT2D eigenvalue weighted by atomic mass is 9.79. The second-order valence-electron chi connectivity index (χ2n) is 8.14. The number of benzene rings is 1. The summed E-state index contributed by atoms with van der Waals surface area (Å²) in [7, 11) is 2.36. The van der Waals surface area contributed by atoms with Gasteiger partial charge in [-0.1, -0.05) is 18.2 Å². The minimum absolute atomic E-state index is 0.0107. The van der Waals surface area contributed by atoms with Crippen LogP contribution in [0, 0.1) is 10.1 Å². The Morgan fingerprint density at radius 3 is 2.03 bits per heavy atom. The van der Waals surface area contributed by atoms with Gasteiger partial charge >= 0.3 is 23.9 Å². The summed E-state index contributed by atoms with van der Waals surface area (Å²) in [6.45, 7) is 2.49. The summed E-state index contributed by atoms with van der Waals surface area (Å²) in [6, 6.07) is 8.37. The number of para-hydroxylation sites is 1. The van der Waals surface area contributed by atoms with Gasteiger partial charge in [0.25, 0.3) is 5.69 Å². The van der Waals surface area contributed by atoms with Crippen molar-refractivity contribution in [3.05, 3.63) is 92.1 Å². The molecule has 204 valence electrons. The first-order chi connectivity index (χ1) is 18.6. The molecule has 1 atom stereocenters. The molecule has 0 aliphatic carbocycles. The maximum Gasteiger partial charge on any atom is 0.356 e. The van der Waals surface area contributed by atoms with E-state index in [0.29, 0.717) is 11.4 Å². The van der Waals surface area contributed by atoms with Gasteiger partial charge < -0.3 is 24.3 Å². The van der Waals surface area contributed by atoms with Crippen molar-refractivity contribution in [3.63, 3.8) is 0 Å². The largest absolute Gasteiger partial charge is 0.466 e. The van der Waals surface area contributed by atoms with Gasteiger partial charge in [0.15, 0.2) is 0 Å². The molecule has 13 heteroatoms. The number of pyridine rings is 1. The Labute approximate surface area is 222 Å². The van der Waals surface area contributed by atoms with Gasteiger partial charge in [-0.3, -0.25) is 10.1 Å². The molecule has 1 N–H and O–H groups in total. The van der Waals surface area contributed by atoms with Gasteiger partial charge in [-0.05, 0) is 26.0 Å². The molecule has 3 rings (SSSR count). The van der Waals surface area contributed by atoms with Crippen molar-refractivity contribution in [1.29, 1.82) is 0 Å². The van der Waals surface area contributed by atoms with E-state index in [9.17, 15) is 29.3 Å². The van der Waals surface area contributed by atoms with E-state index in [2.05, 4.69) is 15.0 Å². The summed E-state index contributed by atoms with van der Waals surface area (Å²) in [6.07, 6.45) is 1.14. The number of nitrogens with one attached hydrogen (secondary N) is 1. The molecule has 1 aliphatic heterocycles. The molecule has 1 aliphatic rings. The third-order valence-electron chi connectivity index (χ3n) is 5.77. The van der Waals surface area contributed by atoms with Crippen LogP contribution in [0.2, 0.25) is 0 Å². The van der Waals surface area contributed by atoms with Crippen LogP contribution in [-0.4, -0.2) is 61.2 Å². The number of ether oxygens (including phenoxy) is 4. The lowest BCUT2D eigenvalue weighted by Gasteiger charge is -2.30. The summed E-state index contributed by atoms with van der Waals surface area (Å²) < 4.78 is 19.9. The molecule has 0 saturated heterocycles. The van der Waals surface area contributed by atoms with Gasteiger partial charge in [0, 0.05) is 29.2 Å². The highest BCUT2D eigenvalue weighted by Crippen LogP contribution is 2.42. The summed E-state index contributed by atoms with van der Waals surface area (Å²) >= 11 is 0. The molecular formula is C26H25N3O10. The lowest BCUT2D eigenvalue weighted by Crippen LogP contribution is -2.33. The Balaban J connectivity index is 1.78. The molecule has 0 amide bonds. The van der Waals surface area contributed by atoms with Crippen LogP contribution in [-0.2, 0) is 28.5 Å². The third kappa shape index (κ3) is 6.26. The maximum atomic E-state index is 13.2. The summed E-state index contributed by atoms with van der Waals surface area (Å²) in [5, 5.41) is 14.7. The molecule has 1 unspecified atom stereocenters. The molecule has 39 heavy (non-hydrogen) atoms. The molecule has 2 aromatic rings. The smallest absolute Gasteiger partial charge is 0.356 e. The number of nitro groups is 1. The Kier molecular flexibility index (Phi) is 9.10. The van der Waals surface area contributed by atoms with Gasteiger partial charge in [0.05, 0.1) is 41.8 Å². The predicted molar refractivity (Wildman–Crippen MR) is 133 cm³/mol. The zero-order valence-corrected chi connectivity index (χ0v) is 21.5. The molecule has 1 aromatic heterocycles. The van der Waals surface area contributed by atoms with E-state index >= 15 is 0 Å². The van der Waals surface area contributed by atoms with E-state index in [1.165, 1.54) is 37.4 Å². The monoisotopic (exact) mass is 539 g/mol. The van der Waals surface area contributed by atoms with Gasteiger partial charge in [-0.2, -0.15) is 0 Å². The highest BCUT2D eigenvalue weighted by molar-refractivity contribution is 6.00. The van der Waals surface area contributed by atoms with E-state index in [1.807, 2.05) is 0 Å². The summed E-state index contributed by atoms with van der Waals surface area (Å²) in [5.41, 5.74) is 0.534. The van der Waals surface area contributed by atoms with E-state index in [-0.39, 0.29) is 46.9 Å². The molecule has 2 heterocycles. The number of esters is 4. The SMILES string of the molecule is COC(=O)C1=C(C)NC(C)=C(C(=O)OCCOC(=O)c2ccc(C(=O)OC)nc2)C1c1ccccc1[N+](=O)[O-]. The van der Waals surface area contributed by atoms with Crippen molar-refractivity contribution < 1.29 is 43.0 Å². The van der Waals surface area contributed by atoms with Crippen LogP contribution in [0.15, 0.2) is 65.1 Å². The fraction of sp³-hybridized carbons (Fsp3) is 0.269. The number of nitrogens with zero attached hydrogens (tertiary/aromatic N) is 2. The van der Waals surface area contributed by atoms with Crippen LogP contribution >= 0.6 is 0 Å². The van der Waals surface area contributed by atoms with E-state index in [0.717, 1.165) is 13.3 Å². The first-order valence-electron chi connectivity index (χ1n) is 11.5. The van der Waals surface area contributed by atoms with E-state index in [1.54, 1.807) is 19.9 Å². The van der Waals surface area contributed by atoms with Gasteiger partial charge in [-0.15, -0.1) is 0 Å². The number of allylic oxidation sites excluding steroid dienone is 2. The van der Waals surface area contributed by atoms with Crippen LogP contribution in [0.5, 0.6) is 0 Å². The number of methoxy groups -OCH3 is 2. The average Bonchev–Trinajstić information content (AvgIpc) is 2.93. The maximum absolute atomic E-state index is 13.2. The second-order valence-corrected chi connectivity index (χ2v) is 8.14.